The van der Waals surface area contributed by atoms with Crippen molar-refractivity contribution >= 4 is 32.9 Å². The highest BCUT2D eigenvalue weighted by molar-refractivity contribution is 7.92. The maximum atomic E-state index is 13.2. The number of thiophene rings is 1. The molecule has 0 saturated carbocycles. The quantitative estimate of drug-likeness (QED) is 0.322. The molecule has 0 spiro atoms. The Labute approximate surface area is 202 Å². The minimum atomic E-state index is -3.94. The SMILES string of the molecule is COc1ccc(C(=N)c2c(-c3ccsc3)ccnc2NS(=O)(=O)c2ccc(C)cc2)c(OC)c1. The normalized spacial score (nSPS) is 11.1. The fourth-order valence-corrected chi connectivity index (χ4v) is 5.17. The van der Waals surface area contributed by atoms with Gasteiger partial charge in [-0.3, -0.25) is 10.1 Å². The molecule has 9 heteroatoms. The van der Waals surface area contributed by atoms with Crippen molar-refractivity contribution in [3.8, 4) is 22.6 Å². The first-order valence-electron chi connectivity index (χ1n) is 10.3. The number of hydrogen-bond donors (Lipinski definition) is 2. The number of methoxy groups -OCH3 is 2. The fourth-order valence-electron chi connectivity index (χ4n) is 3.49. The number of benzene rings is 2. The van der Waals surface area contributed by atoms with Gasteiger partial charge in [0.1, 0.15) is 17.3 Å². The molecule has 0 saturated heterocycles. The van der Waals surface area contributed by atoms with Gasteiger partial charge in [-0.1, -0.05) is 17.7 Å². The first kappa shape index (κ1) is 23.5. The highest BCUT2D eigenvalue weighted by atomic mass is 32.2. The monoisotopic (exact) mass is 493 g/mol. The van der Waals surface area contributed by atoms with Crippen molar-refractivity contribution in [2.24, 2.45) is 0 Å². The zero-order valence-corrected chi connectivity index (χ0v) is 20.5. The summed E-state index contributed by atoms with van der Waals surface area (Å²) in [4.78, 5) is 4.43. The maximum absolute atomic E-state index is 13.2. The van der Waals surface area contributed by atoms with Crippen molar-refractivity contribution in [3.63, 3.8) is 0 Å². The Morgan fingerprint density at radius 3 is 2.44 bits per heavy atom. The lowest BCUT2D eigenvalue weighted by atomic mass is 9.95. The minimum absolute atomic E-state index is 0.0622. The van der Waals surface area contributed by atoms with E-state index in [4.69, 9.17) is 14.9 Å². The first-order valence-corrected chi connectivity index (χ1v) is 12.7. The Hall–Kier alpha value is -3.69. The Morgan fingerprint density at radius 2 is 1.79 bits per heavy atom. The second-order valence-corrected chi connectivity index (χ2v) is 9.92. The molecule has 0 radical (unpaired) electrons. The lowest BCUT2D eigenvalue weighted by molar-refractivity contribution is 0.394. The smallest absolute Gasteiger partial charge is 0.263 e. The minimum Gasteiger partial charge on any atom is -0.497 e. The van der Waals surface area contributed by atoms with Crippen LogP contribution in [0, 0.1) is 12.3 Å². The molecule has 2 heterocycles. The summed E-state index contributed by atoms with van der Waals surface area (Å²) in [6.07, 6.45) is 1.53. The number of hydrogen-bond acceptors (Lipinski definition) is 7. The van der Waals surface area contributed by atoms with Crippen LogP contribution in [0.3, 0.4) is 0 Å². The summed E-state index contributed by atoms with van der Waals surface area (Å²) >= 11 is 1.51. The van der Waals surface area contributed by atoms with Crippen molar-refractivity contribution in [1.29, 1.82) is 5.41 Å². The summed E-state index contributed by atoms with van der Waals surface area (Å²) in [5.41, 5.74) is 3.38. The second kappa shape index (κ2) is 9.66. The van der Waals surface area contributed by atoms with Gasteiger partial charge in [0.25, 0.3) is 10.0 Å². The van der Waals surface area contributed by atoms with E-state index in [2.05, 4.69) is 9.71 Å². The molecule has 0 aliphatic rings. The Morgan fingerprint density at radius 1 is 1.03 bits per heavy atom. The van der Waals surface area contributed by atoms with Crippen molar-refractivity contribution in [2.75, 3.05) is 18.9 Å². The average Bonchev–Trinajstić information content (AvgIpc) is 3.38. The van der Waals surface area contributed by atoms with E-state index in [9.17, 15) is 8.42 Å². The number of aryl methyl sites for hydroxylation is 1. The summed E-state index contributed by atoms with van der Waals surface area (Å²) in [6, 6.07) is 15.3. The number of sulfonamides is 1. The second-order valence-electron chi connectivity index (χ2n) is 7.45. The predicted octanol–water partition coefficient (Wildman–Crippen LogP) is 5.35. The molecule has 0 aliphatic carbocycles. The van der Waals surface area contributed by atoms with E-state index < -0.39 is 10.0 Å². The number of rotatable bonds is 8. The molecule has 4 rings (SSSR count). The molecule has 174 valence electrons. The van der Waals surface area contributed by atoms with Gasteiger partial charge in [0.05, 0.1) is 30.4 Å². The third kappa shape index (κ3) is 4.66. The number of aromatic nitrogens is 1. The first-order chi connectivity index (χ1) is 16.3. The summed E-state index contributed by atoms with van der Waals surface area (Å²) in [7, 11) is -0.879. The molecule has 4 aromatic rings. The van der Waals surface area contributed by atoms with E-state index in [1.807, 2.05) is 23.8 Å². The summed E-state index contributed by atoms with van der Waals surface area (Å²) in [6.45, 7) is 1.89. The van der Waals surface area contributed by atoms with Gasteiger partial charge in [0, 0.05) is 17.8 Å². The molecule has 7 nitrogen and oxygen atoms in total. The zero-order chi connectivity index (χ0) is 24.3. The highest BCUT2D eigenvalue weighted by Crippen LogP contribution is 2.35. The standard InChI is InChI=1S/C25H23N3O4S2/c1-16-4-7-19(8-5-16)34(29,30)28-25-23(20(10-12-27-25)17-11-13-33-15-17)24(26)21-9-6-18(31-2)14-22(21)32-3/h4-15,26H,1-3H3,(H,27,28). The van der Waals surface area contributed by atoms with Crippen molar-refractivity contribution in [1.82, 2.24) is 4.98 Å². The van der Waals surface area contributed by atoms with Crippen molar-refractivity contribution in [2.45, 2.75) is 11.8 Å². The van der Waals surface area contributed by atoms with E-state index in [1.165, 1.54) is 36.8 Å². The number of nitrogens with zero attached hydrogens (tertiary/aromatic N) is 1. The van der Waals surface area contributed by atoms with Crippen LogP contribution in [0.25, 0.3) is 11.1 Å². The molecule has 2 aromatic heterocycles. The van der Waals surface area contributed by atoms with Crippen LogP contribution in [0.5, 0.6) is 11.5 Å². The van der Waals surface area contributed by atoms with E-state index in [0.717, 1.165) is 11.1 Å². The molecule has 0 fully saturated rings. The fraction of sp³-hybridized carbons (Fsp3) is 0.120. The lowest BCUT2D eigenvalue weighted by Crippen LogP contribution is -2.18. The maximum Gasteiger partial charge on any atom is 0.263 e. The zero-order valence-electron chi connectivity index (χ0n) is 18.8. The van der Waals surface area contributed by atoms with Crippen LogP contribution in [0.4, 0.5) is 5.82 Å². The summed E-state index contributed by atoms with van der Waals surface area (Å²) < 4.78 is 39.7. The van der Waals surface area contributed by atoms with E-state index >= 15 is 0 Å². The Bertz CT molecular complexity index is 1430. The molecule has 2 N–H and O–H groups in total. The van der Waals surface area contributed by atoms with Crippen molar-refractivity contribution < 1.29 is 17.9 Å². The van der Waals surface area contributed by atoms with Crippen LogP contribution in [-0.4, -0.2) is 33.3 Å². The van der Waals surface area contributed by atoms with Gasteiger partial charge in [-0.25, -0.2) is 13.4 Å². The third-order valence-corrected chi connectivity index (χ3v) is 7.31. The third-order valence-electron chi connectivity index (χ3n) is 5.27. The van der Waals surface area contributed by atoms with Crippen LogP contribution in [0.15, 0.2) is 76.4 Å². The number of anilines is 1. The molecule has 2 aromatic carbocycles. The van der Waals surface area contributed by atoms with Crippen LogP contribution >= 0.6 is 11.3 Å². The van der Waals surface area contributed by atoms with Gasteiger partial charge in [0.2, 0.25) is 0 Å². The number of pyridine rings is 1. The predicted molar refractivity (Wildman–Crippen MR) is 135 cm³/mol. The van der Waals surface area contributed by atoms with Gasteiger partial charge in [-0.2, -0.15) is 11.3 Å². The molecular formula is C25H23N3O4S2. The van der Waals surface area contributed by atoms with Crippen LogP contribution < -0.4 is 14.2 Å². The van der Waals surface area contributed by atoms with Crippen molar-refractivity contribution in [3.05, 3.63) is 88.2 Å². The van der Waals surface area contributed by atoms with Gasteiger partial charge < -0.3 is 9.47 Å². The average molecular weight is 494 g/mol. The van der Waals surface area contributed by atoms with Crippen LogP contribution in [0.1, 0.15) is 16.7 Å². The summed E-state index contributed by atoms with van der Waals surface area (Å²) in [5, 5.41) is 12.9. The molecular weight excluding hydrogens is 470 g/mol. The number of ether oxygens (including phenoxy) is 2. The molecule has 34 heavy (non-hydrogen) atoms. The number of nitrogens with one attached hydrogen (secondary N) is 2. The molecule has 0 unspecified atom stereocenters. The van der Waals surface area contributed by atoms with E-state index in [-0.39, 0.29) is 16.4 Å². The van der Waals surface area contributed by atoms with Gasteiger partial charge in [0.15, 0.2) is 0 Å². The van der Waals surface area contributed by atoms with Gasteiger partial charge in [-0.05, 0) is 65.2 Å². The van der Waals surface area contributed by atoms with Gasteiger partial charge in [-0.15, -0.1) is 0 Å². The molecule has 0 amide bonds. The highest BCUT2D eigenvalue weighted by Gasteiger charge is 2.24. The van der Waals surface area contributed by atoms with E-state index in [0.29, 0.717) is 28.2 Å². The Balaban J connectivity index is 1.87. The van der Waals surface area contributed by atoms with Gasteiger partial charge >= 0.3 is 0 Å². The largest absolute Gasteiger partial charge is 0.497 e. The lowest BCUT2D eigenvalue weighted by Gasteiger charge is -2.18. The van der Waals surface area contributed by atoms with Crippen LogP contribution in [0.2, 0.25) is 0 Å². The van der Waals surface area contributed by atoms with E-state index in [1.54, 1.807) is 43.5 Å². The molecule has 0 aliphatic heterocycles. The van der Waals surface area contributed by atoms with Crippen LogP contribution in [-0.2, 0) is 10.0 Å². The topological polar surface area (TPSA) is 101 Å². The molecule has 0 bridgehead atoms. The molecule has 0 atom stereocenters. The summed E-state index contributed by atoms with van der Waals surface area (Å²) in [5.74, 6) is 1.07. The Kier molecular flexibility index (Phi) is 6.67.